The van der Waals surface area contributed by atoms with Crippen molar-refractivity contribution < 1.29 is 0 Å². The number of rotatable bonds is 2. The Morgan fingerprint density at radius 1 is 1.80 bits per heavy atom. The molecule has 54 valence electrons. The van der Waals surface area contributed by atoms with Gasteiger partial charge in [0.25, 0.3) is 0 Å². The van der Waals surface area contributed by atoms with E-state index in [-0.39, 0.29) is 0 Å². The molecule has 2 N–H and O–H groups in total. The van der Waals surface area contributed by atoms with E-state index in [0.29, 0.717) is 6.54 Å². The summed E-state index contributed by atoms with van der Waals surface area (Å²) in [7, 11) is 0. The average Bonchev–Trinajstić information content (AvgIpc) is 2.34. The molecule has 0 aliphatic rings. The highest BCUT2D eigenvalue weighted by Gasteiger charge is 1.97. The van der Waals surface area contributed by atoms with E-state index in [0.717, 1.165) is 5.57 Å². The molecule has 1 heterocycles. The molecule has 0 fully saturated rings. The molecule has 10 heavy (non-hydrogen) atoms. The SMILES string of the molecule is C=C(CN)c1cc(C)cs1. The van der Waals surface area contributed by atoms with Gasteiger partial charge in [0, 0.05) is 11.4 Å². The van der Waals surface area contributed by atoms with E-state index in [4.69, 9.17) is 5.73 Å². The summed E-state index contributed by atoms with van der Waals surface area (Å²) < 4.78 is 0. The van der Waals surface area contributed by atoms with Gasteiger partial charge < -0.3 is 5.73 Å². The first-order chi connectivity index (χ1) is 4.74. The first kappa shape index (κ1) is 7.51. The van der Waals surface area contributed by atoms with Gasteiger partial charge in [-0.3, -0.25) is 0 Å². The molecule has 0 saturated heterocycles. The van der Waals surface area contributed by atoms with Gasteiger partial charge in [-0.25, -0.2) is 0 Å². The first-order valence-electron chi connectivity index (χ1n) is 3.17. The van der Waals surface area contributed by atoms with Crippen molar-refractivity contribution in [3.8, 4) is 0 Å². The molecule has 0 saturated carbocycles. The summed E-state index contributed by atoms with van der Waals surface area (Å²) in [6.45, 7) is 6.47. The maximum Gasteiger partial charge on any atom is 0.0311 e. The number of aryl methyl sites for hydroxylation is 1. The van der Waals surface area contributed by atoms with E-state index in [1.54, 1.807) is 11.3 Å². The van der Waals surface area contributed by atoms with Crippen molar-refractivity contribution in [1.29, 1.82) is 0 Å². The monoisotopic (exact) mass is 153 g/mol. The second-order valence-corrected chi connectivity index (χ2v) is 3.21. The van der Waals surface area contributed by atoms with Crippen LogP contribution in [0.1, 0.15) is 10.4 Å². The highest BCUT2D eigenvalue weighted by molar-refractivity contribution is 7.11. The van der Waals surface area contributed by atoms with E-state index in [2.05, 4.69) is 24.9 Å². The van der Waals surface area contributed by atoms with Gasteiger partial charge in [0.05, 0.1) is 0 Å². The molecule has 0 aliphatic heterocycles. The zero-order valence-electron chi connectivity index (χ0n) is 6.05. The minimum atomic E-state index is 0.556. The van der Waals surface area contributed by atoms with Crippen LogP contribution in [0.3, 0.4) is 0 Å². The fourth-order valence-electron chi connectivity index (χ4n) is 0.717. The van der Waals surface area contributed by atoms with E-state index < -0.39 is 0 Å². The van der Waals surface area contributed by atoms with Crippen LogP contribution in [0, 0.1) is 6.92 Å². The molecule has 1 aromatic rings. The van der Waals surface area contributed by atoms with Gasteiger partial charge >= 0.3 is 0 Å². The third-order valence-corrected chi connectivity index (χ3v) is 2.48. The lowest BCUT2D eigenvalue weighted by molar-refractivity contribution is 1.28. The standard InChI is InChI=1S/C8H11NS/c1-6-3-8(10-5-6)7(2)4-9/h3,5H,2,4,9H2,1H3. The maximum absolute atomic E-state index is 5.42. The summed E-state index contributed by atoms with van der Waals surface area (Å²) in [4.78, 5) is 1.21. The van der Waals surface area contributed by atoms with E-state index >= 15 is 0 Å². The predicted molar refractivity (Wildman–Crippen MR) is 47.1 cm³/mol. The largest absolute Gasteiger partial charge is 0.326 e. The average molecular weight is 153 g/mol. The minimum Gasteiger partial charge on any atom is -0.326 e. The lowest BCUT2D eigenvalue weighted by atomic mass is 10.2. The number of hydrogen-bond acceptors (Lipinski definition) is 2. The van der Waals surface area contributed by atoms with E-state index in [1.807, 2.05) is 0 Å². The van der Waals surface area contributed by atoms with Gasteiger partial charge in [-0.15, -0.1) is 11.3 Å². The van der Waals surface area contributed by atoms with Crippen LogP contribution in [0.25, 0.3) is 5.57 Å². The molecule has 0 aromatic carbocycles. The number of thiophene rings is 1. The van der Waals surface area contributed by atoms with E-state index in [1.165, 1.54) is 10.4 Å². The molecule has 0 bridgehead atoms. The molecule has 0 atom stereocenters. The molecular weight excluding hydrogens is 142 g/mol. The van der Waals surface area contributed by atoms with Crippen molar-refractivity contribution in [3.05, 3.63) is 28.5 Å². The summed E-state index contributed by atoms with van der Waals surface area (Å²) >= 11 is 1.70. The Morgan fingerprint density at radius 3 is 2.90 bits per heavy atom. The zero-order valence-corrected chi connectivity index (χ0v) is 6.87. The Bertz CT molecular complexity index is 237. The maximum atomic E-state index is 5.42. The van der Waals surface area contributed by atoms with Crippen LogP contribution in [-0.2, 0) is 0 Å². The highest BCUT2D eigenvalue weighted by atomic mass is 32.1. The van der Waals surface area contributed by atoms with Crippen LogP contribution >= 0.6 is 11.3 Å². The number of hydrogen-bond donors (Lipinski definition) is 1. The van der Waals surface area contributed by atoms with Crippen LogP contribution < -0.4 is 5.73 Å². The summed E-state index contributed by atoms with van der Waals surface area (Å²) in [6, 6.07) is 2.11. The predicted octanol–water partition coefficient (Wildman–Crippen LogP) is 2.03. The van der Waals surface area contributed by atoms with Crippen LogP contribution in [-0.4, -0.2) is 6.54 Å². The third kappa shape index (κ3) is 1.46. The van der Waals surface area contributed by atoms with Gasteiger partial charge in [-0.1, -0.05) is 6.58 Å². The molecule has 1 rings (SSSR count). The second-order valence-electron chi connectivity index (χ2n) is 2.30. The second kappa shape index (κ2) is 2.99. The summed E-state index contributed by atoms with van der Waals surface area (Å²) in [5.74, 6) is 0. The Kier molecular flexibility index (Phi) is 2.25. The molecule has 0 unspecified atom stereocenters. The quantitative estimate of drug-likeness (QED) is 0.691. The molecule has 0 amide bonds. The van der Waals surface area contributed by atoms with Gasteiger partial charge in [0.1, 0.15) is 0 Å². The lowest BCUT2D eigenvalue weighted by Crippen LogP contribution is -1.98. The summed E-state index contributed by atoms with van der Waals surface area (Å²) in [6.07, 6.45) is 0. The Morgan fingerprint density at radius 2 is 2.50 bits per heavy atom. The van der Waals surface area contributed by atoms with Crippen molar-refractivity contribution in [2.45, 2.75) is 6.92 Å². The molecule has 1 nitrogen and oxygen atoms in total. The Balaban J connectivity index is 2.85. The van der Waals surface area contributed by atoms with Crippen LogP contribution in [0.2, 0.25) is 0 Å². The van der Waals surface area contributed by atoms with Crippen molar-refractivity contribution in [2.24, 2.45) is 5.73 Å². The molecule has 1 aromatic heterocycles. The van der Waals surface area contributed by atoms with Gasteiger partial charge in [0.2, 0.25) is 0 Å². The lowest BCUT2D eigenvalue weighted by Gasteiger charge is -1.94. The Labute approximate surface area is 65.2 Å². The highest BCUT2D eigenvalue weighted by Crippen LogP contribution is 2.20. The van der Waals surface area contributed by atoms with Crippen molar-refractivity contribution in [2.75, 3.05) is 6.54 Å². The fraction of sp³-hybridized carbons (Fsp3) is 0.250. The normalized spacial score (nSPS) is 9.80. The van der Waals surface area contributed by atoms with Gasteiger partial charge in [-0.2, -0.15) is 0 Å². The van der Waals surface area contributed by atoms with Crippen LogP contribution in [0.5, 0.6) is 0 Å². The number of nitrogens with two attached hydrogens (primary N) is 1. The first-order valence-corrected chi connectivity index (χ1v) is 4.05. The van der Waals surface area contributed by atoms with E-state index in [9.17, 15) is 0 Å². The van der Waals surface area contributed by atoms with Crippen LogP contribution in [0.4, 0.5) is 0 Å². The van der Waals surface area contributed by atoms with Crippen molar-refractivity contribution in [1.82, 2.24) is 0 Å². The Hall–Kier alpha value is -0.600. The van der Waals surface area contributed by atoms with Crippen LogP contribution in [0.15, 0.2) is 18.0 Å². The molecule has 0 radical (unpaired) electrons. The third-order valence-electron chi connectivity index (χ3n) is 1.33. The minimum absolute atomic E-state index is 0.556. The zero-order chi connectivity index (χ0) is 7.56. The topological polar surface area (TPSA) is 26.0 Å². The summed E-state index contributed by atoms with van der Waals surface area (Å²) in [5.41, 5.74) is 7.73. The molecular formula is C8H11NS. The molecule has 0 spiro atoms. The summed E-state index contributed by atoms with van der Waals surface area (Å²) in [5, 5.41) is 2.11. The van der Waals surface area contributed by atoms with Crippen molar-refractivity contribution in [3.63, 3.8) is 0 Å². The van der Waals surface area contributed by atoms with Crippen molar-refractivity contribution >= 4 is 16.9 Å². The fourth-order valence-corrected chi connectivity index (χ4v) is 1.60. The molecule has 0 aliphatic carbocycles. The van der Waals surface area contributed by atoms with Gasteiger partial charge in [0.15, 0.2) is 0 Å². The smallest absolute Gasteiger partial charge is 0.0311 e. The molecule has 2 heteroatoms. The van der Waals surface area contributed by atoms with Gasteiger partial charge in [-0.05, 0) is 29.5 Å².